The highest BCUT2D eigenvalue weighted by Gasteiger charge is 2.13. The zero-order valence-electron chi connectivity index (χ0n) is 12.3. The van der Waals surface area contributed by atoms with Gasteiger partial charge in [0.15, 0.2) is 0 Å². The third-order valence-electron chi connectivity index (χ3n) is 3.80. The molecule has 0 amide bonds. The lowest BCUT2D eigenvalue weighted by molar-refractivity contribution is 0.617. The molecule has 3 heteroatoms. The van der Waals surface area contributed by atoms with Gasteiger partial charge in [0.25, 0.3) is 0 Å². The first kappa shape index (κ1) is 13.7. The van der Waals surface area contributed by atoms with Crippen molar-refractivity contribution in [2.45, 2.75) is 39.7 Å². The molecular weight excluding hydrogens is 234 g/mol. The van der Waals surface area contributed by atoms with Crippen LogP contribution >= 0.6 is 0 Å². The molecule has 1 aromatic carbocycles. The number of anilines is 2. The van der Waals surface area contributed by atoms with E-state index >= 15 is 0 Å². The molecule has 0 aliphatic heterocycles. The van der Waals surface area contributed by atoms with Crippen LogP contribution in [0.1, 0.15) is 32.4 Å². The van der Waals surface area contributed by atoms with Gasteiger partial charge in [-0.25, -0.2) is 0 Å². The molecule has 0 fully saturated rings. The van der Waals surface area contributed by atoms with E-state index in [4.69, 9.17) is 5.73 Å². The number of nitrogen functional groups attached to an aromatic ring is 1. The van der Waals surface area contributed by atoms with Crippen LogP contribution in [0.3, 0.4) is 0 Å². The minimum atomic E-state index is 0.519. The first-order valence-corrected chi connectivity index (χ1v) is 6.92. The van der Waals surface area contributed by atoms with E-state index in [0.717, 1.165) is 16.8 Å². The molecule has 0 saturated carbocycles. The van der Waals surface area contributed by atoms with Gasteiger partial charge < -0.3 is 10.6 Å². The summed E-state index contributed by atoms with van der Waals surface area (Å²) in [6.45, 7) is 6.50. The zero-order valence-corrected chi connectivity index (χ0v) is 12.3. The topological polar surface area (TPSA) is 42.1 Å². The molecule has 2 N–H and O–H groups in total. The number of pyridine rings is 1. The number of fused-ring (bicyclic) bond motifs is 1. The summed E-state index contributed by atoms with van der Waals surface area (Å²) in [5.41, 5.74) is 9.10. The van der Waals surface area contributed by atoms with Crippen LogP contribution in [0.4, 0.5) is 11.4 Å². The van der Waals surface area contributed by atoms with Crippen molar-refractivity contribution in [3.63, 3.8) is 0 Å². The molecule has 0 aliphatic carbocycles. The van der Waals surface area contributed by atoms with E-state index in [-0.39, 0.29) is 0 Å². The van der Waals surface area contributed by atoms with Gasteiger partial charge in [-0.3, -0.25) is 4.98 Å². The molecule has 1 atom stereocenters. The molecule has 3 nitrogen and oxygen atoms in total. The predicted octanol–water partition coefficient (Wildman–Crippen LogP) is 3.75. The highest BCUT2D eigenvalue weighted by atomic mass is 15.1. The fraction of sp³-hybridized carbons (Fsp3) is 0.438. The lowest BCUT2D eigenvalue weighted by atomic mass is 10.1. The zero-order chi connectivity index (χ0) is 14.0. The van der Waals surface area contributed by atoms with Gasteiger partial charge in [0, 0.05) is 47.1 Å². The second kappa shape index (κ2) is 5.47. The smallest absolute Gasteiger partial charge is 0.0448 e. The molecule has 0 saturated heterocycles. The van der Waals surface area contributed by atoms with E-state index in [2.05, 4.69) is 42.9 Å². The molecule has 1 aromatic heterocycles. The number of nitrogens with zero attached hydrogens (tertiary/aromatic N) is 2. The predicted molar refractivity (Wildman–Crippen MR) is 83.7 cm³/mol. The third-order valence-corrected chi connectivity index (χ3v) is 3.80. The monoisotopic (exact) mass is 257 g/mol. The summed E-state index contributed by atoms with van der Waals surface area (Å²) in [4.78, 5) is 6.69. The Morgan fingerprint density at radius 3 is 2.74 bits per heavy atom. The Kier molecular flexibility index (Phi) is 3.93. The van der Waals surface area contributed by atoms with Crippen molar-refractivity contribution in [3.05, 3.63) is 30.1 Å². The molecule has 1 unspecified atom stereocenters. The molecule has 0 radical (unpaired) electrons. The third kappa shape index (κ3) is 2.65. The Balaban J connectivity index is 2.54. The van der Waals surface area contributed by atoms with Crippen LogP contribution in [0.25, 0.3) is 10.8 Å². The maximum atomic E-state index is 6.05. The average molecular weight is 257 g/mol. The van der Waals surface area contributed by atoms with Gasteiger partial charge in [0.05, 0.1) is 0 Å². The highest BCUT2D eigenvalue weighted by molar-refractivity contribution is 6.01. The summed E-state index contributed by atoms with van der Waals surface area (Å²) in [5.74, 6) is 0. The fourth-order valence-corrected chi connectivity index (χ4v) is 2.51. The van der Waals surface area contributed by atoms with E-state index < -0.39 is 0 Å². The first-order chi connectivity index (χ1) is 9.04. The first-order valence-electron chi connectivity index (χ1n) is 6.92. The minimum Gasteiger partial charge on any atom is -0.398 e. The van der Waals surface area contributed by atoms with Crippen LogP contribution in [0.2, 0.25) is 0 Å². The second-order valence-electron chi connectivity index (χ2n) is 5.29. The summed E-state index contributed by atoms with van der Waals surface area (Å²) in [5, 5.41) is 2.23. The fourth-order valence-electron chi connectivity index (χ4n) is 2.51. The molecule has 0 aliphatic rings. The van der Waals surface area contributed by atoms with E-state index in [1.165, 1.54) is 23.9 Å². The van der Waals surface area contributed by atoms with Crippen molar-refractivity contribution < 1.29 is 0 Å². The van der Waals surface area contributed by atoms with Gasteiger partial charge in [-0.15, -0.1) is 0 Å². The molecule has 19 heavy (non-hydrogen) atoms. The van der Waals surface area contributed by atoms with E-state index in [1.807, 2.05) is 19.2 Å². The number of aryl methyl sites for hydroxylation is 1. The number of hydrogen-bond donors (Lipinski definition) is 1. The number of nitrogens with two attached hydrogens (primary N) is 1. The molecule has 2 aromatic rings. The van der Waals surface area contributed by atoms with Crippen LogP contribution < -0.4 is 10.6 Å². The molecule has 102 valence electrons. The van der Waals surface area contributed by atoms with Crippen LogP contribution in [0, 0.1) is 6.92 Å². The second-order valence-corrected chi connectivity index (χ2v) is 5.29. The molecule has 0 bridgehead atoms. The maximum absolute atomic E-state index is 6.05. The lowest BCUT2D eigenvalue weighted by Crippen LogP contribution is -2.28. The SMILES string of the molecule is CCCC(C)N(C)c1ccc(N)c2cnc(C)cc12. The van der Waals surface area contributed by atoms with Crippen LogP contribution in [0.15, 0.2) is 24.4 Å². The van der Waals surface area contributed by atoms with Crippen molar-refractivity contribution in [2.24, 2.45) is 0 Å². The normalized spacial score (nSPS) is 12.6. The van der Waals surface area contributed by atoms with Crippen molar-refractivity contribution in [3.8, 4) is 0 Å². The Morgan fingerprint density at radius 1 is 1.32 bits per heavy atom. The van der Waals surface area contributed by atoms with Crippen molar-refractivity contribution in [1.29, 1.82) is 0 Å². The van der Waals surface area contributed by atoms with E-state index in [9.17, 15) is 0 Å². The minimum absolute atomic E-state index is 0.519. The van der Waals surface area contributed by atoms with Crippen molar-refractivity contribution >= 4 is 22.1 Å². The Labute approximate surface area is 115 Å². The standard InChI is InChI=1S/C16H23N3/c1-5-6-12(3)19(4)16-8-7-15(17)14-10-18-11(2)9-13(14)16/h7-10,12H,5-6,17H2,1-4H3. The highest BCUT2D eigenvalue weighted by Crippen LogP contribution is 2.31. The van der Waals surface area contributed by atoms with Gasteiger partial charge in [-0.1, -0.05) is 13.3 Å². The lowest BCUT2D eigenvalue weighted by Gasteiger charge is -2.28. The molecular formula is C16H23N3. The van der Waals surface area contributed by atoms with Crippen LogP contribution in [-0.2, 0) is 0 Å². The molecule has 0 spiro atoms. The summed E-state index contributed by atoms with van der Waals surface area (Å²) in [6.07, 6.45) is 4.26. The maximum Gasteiger partial charge on any atom is 0.0448 e. The van der Waals surface area contributed by atoms with Gasteiger partial charge in [-0.05, 0) is 38.5 Å². The van der Waals surface area contributed by atoms with Crippen LogP contribution in [-0.4, -0.2) is 18.1 Å². The average Bonchev–Trinajstić information content (AvgIpc) is 2.38. The molecule has 1 heterocycles. The number of rotatable bonds is 4. The summed E-state index contributed by atoms with van der Waals surface area (Å²) in [7, 11) is 2.15. The quantitative estimate of drug-likeness (QED) is 0.848. The Morgan fingerprint density at radius 2 is 2.05 bits per heavy atom. The number of benzene rings is 1. The molecule has 2 rings (SSSR count). The summed E-state index contributed by atoms with van der Waals surface area (Å²) < 4.78 is 0. The largest absolute Gasteiger partial charge is 0.398 e. The van der Waals surface area contributed by atoms with Crippen molar-refractivity contribution in [2.75, 3.05) is 17.7 Å². The summed E-state index contributed by atoms with van der Waals surface area (Å²) in [6, 6.07) is 6.73. The van der Waals surface area contributed by atoms with Gasteiger partial charge in [-0.2, -0.15) is 0 Å². The van der Waals surface area contributed by atoms with Gasteiger partial charge >= 0.3 is 0 Å². The Hall–Kier alpha value is -1.77. The van der Waals surface area contributed by atoms with Crippen molar-refractivity contribution in [1.82, 2.24) is 4.98 Å². The Bertz CT molecular complexity index is 577. The van der Waals surface area contributed by atoms with Gasteiger partial charge in [0.1, 0.15) is 0 Å². The van der Waals surface area contributed by atoms with Gasteiger partial charge in [0.2, 0.25) is 0 Å². The number of hydrogen-bond acceptors (Lipinski definition) is 3. The van der Waals surface area contributed by atoms with E-state index in [0.29, 0.717) is 6.04 Å². The number of aromatic nitrogens is 1. The summed E-state index contributed by atoms with van der Waals surface area (Å²) >= 11 is 0. The van der Waals surface area contributed by atoms with Crippen LogP contribution in [0.5, 0.6) is 0 Å². The van der Waals surface area contributed by atoms with E-state index in [1.54, 1.807) is 0 Å².